The van der Waals surface area contributed by atoms with Crippen LogP contribution in [0.4, 0.5) is 5.69 Å². The first kappa shape index (κ1) is 20.4. The number of benzene rings is 2. The van der Waals surface area contributed by atoms with E-state index in [1.807, 2.05) is 18.2 Å². The van der Waals surface area contributed by atoms with Gasteiger partial charge in [0.15, 0.2) is 0 Å². The molecule has 2 N–H and O–H groups in total. The summed E-state index contributed by atoms with van der Waals surface area (Å²) in [6.45, 7) is 3.46. The first-order valence-corrected chi connectivity index (χ1v) is 11.1. The fourth-order valence-electron chi connectivity index (χ4n) is 3.41. The van der Waals surface area contributed by atoms with Gasteiger partial charge in [-0.05, 0) is 49.6 Å². The highest BCUT2D eigenvalue weighted by Gasteiger charge is 2.34. The maximum Gasteiger partial charge on any atom is 0.251 e. The Morgan fingerprint density at radius 1 is 1.04 bits per heavy atom. The van der Waals surface area contributed by atoms with Crippen molar-refractivity contribution in [2.45, 2.75) is 25.2 Å². The lowest BCUT2D eigenvalue weighted by Crippen LogP contribution is -2.44. The van der Waals surface area contributed by atoms with Crippen LogP contribution in [0.1, 0.15) is 35.7 Å². The summed E-state index contributed by atoms with van der Waals surface area (Å²) >= 11 is 0. The largest absolute Gasteiger partial charge is 0.381 e. The lowest BCUT2D eigenvalue weighted by Gasteiger charge is -2.38. The molecule has 3 rings (SSSR count). The van der Waals surface area contributed by atoms with Crippen molar-refractivity contribution in [1.29, 1.82) is 0 Å². The molecule has 1 aliphatic heterocycles. The molecule has 150 valence electrons. The van der Waals surface area contributed by atoms with Gasteiger partial charge in [-0.3, -0.25) is 9.52 Å². The van der Waals surface area contributed by atoms with E-state index in [0.29, 0.717) is 31.0 Å². The second kappa shape index (κ2) is 8.75. The van der Waals surface area contributed by atoms with E-state index in [1.165, 1.54) is 5.56 Å². The summed E-state index contributed by atoms with van der Waals surface area (Å²) in [7, 11) is -3.33. The monoisotopic (exact) mass is 402 g/mol. The van der Waals surface area contributed by atoms with Crippen LogP contribution in [0.25, 0.3) is 0 Å². The molecule has 6 nitrogen and oxygen atoms in total. The number of sulfonamides is 1. The Hall–Kier alpha value is -2.38. The van der Waals surface area contributed by atoms with Gasteiger partial charge >= 0.3 is 0 Å². The molecule has 2 aromatic rings. The molecule has 0 aliphatic carbocycles. The van der Waals surface area contributed by atoms with Crippen molar-refractivity contribution >= 4 is 21.6 Å². The predicted molar refractivity (Wildman–Crippen MR) is 110 cm³/mol. The van der Waals surface area contributed by atoms with Crippen LogP contribution in [0, 0.1) is 0 Å². The van der Waals surface area contributed by atoms with Crippen molar-refractivity contribution in [2.24, 2.45) is 0 Å². The molecule has 0 aromatic heterocycles. The standard InChI is InChI=1S/C21H26N2O4S/c1-2-28(25,26)23-19-10-8-17(9-11-19)20(24)22-16-21(12-14-27-15-13-21)18-6-4-3-5-7-18/h3-11,23H,2,12-16H2,1H3,(H,22,24). The molecule has 28 heavy (non-hydrogen) atoms. The molecule has 1 heterocycles. The smallest absolute Gasteiger partial charge is 0.251 e. The van der Waals surface area contributed by atoms with Crippen LogP contribution in [0.2, 0.25) is 0 Å². The van der Waals surface area contributed by atoms with E-state index in [4.69, 9.17) is 4.74 Å². The van der Waals surface area contributed by atoms with Crippen molar-refractivity contribution in [3.63, 3.8) is 0 Å². The minimum atomic E-state index is -3.33. The highest BCUT2D eigenvalue weighted by molar-refractivity contribution is 7.92. The first-order chi connectivity index (χ1) is 13.4. The van der Waals surface area contributed by atoms with Crippen LogP contribution in [-0.4, -0.2) is 39.8 Å². The lowest BCUT2D eigenvalue weighted by atomic mass is 9.74. The Morgan fingerprint density at radius 2 is 1.68 bits per heavy atom. The summed E-state index contributed by atoms with van der Waals surface area (Å²) in [6, 6.07) is 16.7. The van der Waals surface area contributed by atoms with E-state index >= 15 is 0 Å². The first-order valence-electron chi connectivity index (χ1n) is 9.46. The number of carbonyl (C=O) groups is 1. The highest BCUT2D eigenvalue weighted by Crippen LogP contribution is 2.34. The average molecular weight is 403 g/mol. The Morgan fingerprint density at radius 3 is 2.29 bits per heavy atom. The normalized spacial score (nSPS) is 16.3. The van der Waals surface area contributed by atoms with E-state index in [2.05, 4.69) is 22.2 Å². The summed E-state index contributed by atoms with van der Waals surface area (Å²) in [5.74, 6) is -0.174. The Labute approximate surface area is 166 Å². The third kappa shape index (κ3) is 4.91. The molecular formula is C21H26N2O4S. The summed E-state index contributed by atoms with van der Waals surface area (Å²) in [6.07, 6.45) is 1.71. The van der Waals surface area contributed by atoms with Crippen molar-refractivity contribution < 1.29 is 17.9 Å². The second-order valence-electron chi connectivity index (χ2n) is 7.02. The van der Waals surface area contributed by atoms with Gasteiger partial charge in [0.05, 0.1) is 5.75 Å². The quantitative estimate of drug-likeness (QED) is 0.746. The predicted octanol–water partition coefficient (Wildman–Crippen LogP) is 2.93. The molecule has 1 aliphatic rings. The Kier molecular flexibility index (Phi) is 6.36. The Bertz CT molecular complexity index is 890. The number of rotatable bonds is 7. The van der Waals surface area contributed by atoms with E-state index in [9.17, 15) is 13.2 Å². The van der Waals surface area contributed by atoms with Gasteiger partial charge in [0, 0.05) is 36.4 Å². The molecule has 0 atom stereocenters. The minimum Gasteiger partial charge on any atom is -0.381 e. The number of anilines is 1. The van der Waals surface area contributed by atoms with E-state index in [1.54, 1.807) is 31.2 Å². The van der Waals surface area contributed by atoms with E-state index in [0.717, 1.165) is 12.8 Å². The van der Waals surface area contributed by atoms with Crippen LogP contribution < -0.4 is 10.0 Å². The van der Waals surface area contributed by atoms with Gasteiger partial charge in [0.25, 0.3) is 5.91 Å². The summed E-state index contributed by atoms with van der Waals surface area (Å²) in [4.78, 5) is 12.6. The molecule has 0 saturated carbocycles. The Balaban J connectivity index is 1.68. The second-order valence-corrected chi connectivity index (χ2v) is 9.04. The van der Waals surface area contributed by atoms with Gasteiger partial charge < -0.3 is 10.1 Å². The highest BCUT2D eigenvalue weighted by atomic mass is 32.2. The van der Waals surface area contributed by atoms with Crippen LogP contribution in [-0.2, 0) is 20.2 Å². The molecule has 0 unspecified atom stereocenters. The lowest BCUT2D eigenvalue weighted by molar-refractivity contribution is 0.0487. The van der Waals surface area contributed by atoms with Crippen LogP contribution in [0.3, 0.4) is 0 Å². The SMILES string of the molecule is CCS(=O)(=O)Nc1ccc(C(=O)NCC2(c3ccccc3)CCOCC2)cc1. The van der Waals surface area contributed by atoms with Gasteiger partial charge in [-0.15, -0.1) is 0 Å². The molecule has 0 bridgehead atoms. The van der Waals surface area contributed by atoms with Gasteiger partial charge in [-0.25, -0.2) is 8.42 Å². The fraction of sp³-hybridized carbons (Fsp3) is 0.381. The molecule has 0 spiro atoms. The van der Waals surface area contributed by atoms with Crippen molar-refractivity contribution in [3.8, 4) is 0 Å². The zero-order chi connectivity index (χ0) is 20.0. The van der Waals surface area contributed by atoms with Gasteiger partial charge in [0.1, 0.15) is 0 Å². The molecule has 7 heteroatoms. The van der Waals surface area contributed by atoms with Crippen LogP contribution in [0.15, 0.2) is 54.6 Å². The molecule has 1 amide bonds. The average Bonchev–Trinajstić information content (AvgIpc) is 2.73. The summed E-state index contributed by atoms with van der Waals surface area (Å²) in [5, 5.41) is 3.05. The zero-order valence-corrected chi connectivity index (χ0v) is 16.8. The van der Waals surface area contributed by atoms with Crippen LogP contribution >= 0.6 is 0 Å². The van der Waals surface area contributed by atoms with E-state index < -0.39 is 10.0 Å². The topological polar surface area (TPSA) is 84.5 Å². The van der Waals surface area contributed by atoms with E-state index in [-0.39, 0.29) is 17.1 Å². The maximum absolute atomic E-state index is 12.6. The molecule has 1 saturated heterocycles. The van der Waals surface area contributed by atoms with Gasteiger partial charge in [0.2, 0.25) is 10.0 Å². The number of amides is 1. The third-order valence-electron chi connectivity index (χ3n) is 5.22. The number of nitrogens with one attached hydrogen (secondary N) is 2. The summed E-state index contributed by atoms with van der Waals surface area (Å²) < 4.78 is 31.3. The molecule has 1 fully saturated rings. The number of hydrogen-bond donors (Lipinski definition) is 2. The third-order valence-corrected chi connectivity index (χ3v) is 6.53. The minimum absolute atomic E-state index is 0.000516. The van der Waals surface area contributed by atoms with Gasteiger partial charge in [-0.1, -0.05) is 30.3 Å². The summed E-state index contributed by atoms with van der Waals surface area (Å²) in [5.41, 5.74) is 2.02. The van der Waals surface area contributed by atoms with Crippen molar-refractivity contribution in [3.05, 3.63) is 65.7 Å². The number of hydrogen-bond acceptors (Lipinski definition) is 4. The van der Waals surface area contributed by atoms with Crippen LogP contribution in [0.5, 0.6) is 0 Å². The van der Waals surface area contributed by atoms with Crippen molar-refractivity contribution in [2.75, 3.05) is 30.2 Å². The van der Waals surface area contributed by atoms with Crippen molar-refractivity contribution in [1.82, 2.24) is 5.32 Å². The molecule has 2 aromatic carbocycles. The fourth-order valence-corrected chi connectivity index (χ4v) is 4.05. The zero-order valence-electron chi connectivity index (χ0n) is 16.0. The molecule has 0 radical (unpaired) electrons. The molecular weight excluding hydrogens is 376 g/mol. The number of ether oxygens (including phenoxy) is 1. The van der Waals surface area contributed by atoms with Gasteiger partial charge in [-0.2, -0.15) is 0 Å². The number of carbonyl (C=O) groups excluding carboxylic acids is 1. The maximum atomic E-state index is 12.6.